The summed E-state index contributed by atoms with van der Waals surface area (Å²) in [6.45, 7) is 5.39. The molecule has 0 spiro atoms. The van der Waals surface area contributed by atoms with Gasteiger partial charge in [0.1, 0.15) is 0 Å². The second kappa shape index (κ2) is 24.7. The number of aliphatic hydroxyl groups excluding tert-OH is 2. The molecule has 0 aromatic heterocycles. The van der Waals surface area contributed by atoms with Gasteiger partial charge in [0, 0.05) is 13.2 Å². The maximum absolute atomic E-state index is 9.09. The van der Waals surface area contributed by atoms with Gasteiger partial charge in [0.2, 0.25) is 0 Å². The molecule has 1 saturated carbocycles. The van der Waals surface area contributed by atoms with Crippen LogP contribution in [0.15, 0.2) is 0 Å². The van der Waals surface area contributed by atoms with Gasteiger partial charge in [-0.05, 0) is 62.2 Å². The molecule has 0 radical (unpaired) electrons. The highest BCUT2D eigenvalue weighted by atomic mass is 16.3. The van der Waals surface area contributed by atoms with Gasteiger partial charge in [-0.15, -0.1) is 0 Å². The quantitative estimate of drug-likeness (QED) is 0.0896. The average Bonchev–Trinajstić information content (AvgIpc) is 2.92. The van der Waals surface area contributed by atoms with E-state index in [-0.39, 0.29) is 0 Å². The standard InChI is InChI=1S/C36H72O2/c1-3-5-7-9-15-21-27-35(28-22-16-10-8-6-4-2)31-32-36(35,29-23-17-11-13-19-25-33-37)30-24-18-12-14-20-26-34-38/h37-38H,3-34H2,1-2H3. The Hall–Kier alpha value is -0.0800. The third kappa shape index (κ3) is 15.1. The van der Waals surface area contributed by atoms with Crippen LogP contribution in [-0.4, -0.2) is 23.4 Å². The van der Waals surface area contributed by atoms with Gasteiger partial charge in [-0.25, -0.2) is 0 Å². The van der Waals surface area contributed by atoms with Crippen LogP contribution in [0, 0.1) is 10.8 Å². The highest BCUT2D eigenvalue weighted by Crippen LogP contribution is 2.66. The van der Waals surface area contributed by atoms with Crippen LogP contribution in [0.1, 0.15) is 206 Å². The number of aliphatic hydroxyl groups is 2. The number of hydrogen-bond donors (Lipinski definition) is 2. The first kappa shape index (κ1) is 35.9. The van der Waals surface area contributed by atoms with Crippen molar-refractivity contribution in [2.75, 3.05) is 13.2 Å². The van der Waals surface area contributed by atoms with Crippen LogP contribution >= 0.6 is 0 Å². The summed E-state index contributed by atoms with van der Waals surface area (Å²) in [5.74, 6) is 0. The van der Waals surface area contributed by atoms with Crippen molar-refractivity contribution in [3.8, 4) is 0 Å². The van der Waals surface area contributed by atoms with Crippen molar-refractivity contribution < 1.29 is 10.2 Å². The van der Waals surface area contributed by atoms with Gasteiger partial charge in [0.15, 0.2) is 0 Å². The highest BCUT2D eigenvalue weighted by molar-refractivity contribution is 5.06. The Kier molecular flexibility index (Phi) is 23.4. The van der Waals surface area contributed by atoms with Crippen LogP contribution in [0.3, 0.4) is 0 Å². The second-order valence-corrected chi connectivity index (χ2v) is 13.3. The van der Waals surface area contributed by atoms with Crippen molar-refractivity contribution in [2.45, 2.75) is 206 Å². The summed E-state index contributed by atoms with van der Waals surface area (Å²) < 4.78 is 0. The Balaban J connectivity index is 2.73. The Morgan fingerprint density at radius 1 is 0.342 bits per heavy atom. The summed E-state index contributed by atoms with van der Waals surface area (Å²) in [6.07, 6.45) is 41.7. The molecule has 2 N–H and O–H groups in total. The molecular weight excluding hydrogens is 464 g/mol. The molecule has 1 aliphatic rings. The van der Waals surface area contributed by atoms with Crippen LogP contribution in [0.2, 0.25) is 0 Å². The Bertz CT molecular complexity index is 454. The van der Waals surface area contributed by atoms with Crippen LogP contribution in [0.4, 0.5) is 0 Å². The lowest BCUT2D eigenvalue weighted by atomic mass is 9.43. The topological polar surface area (TPSA) is 40.5 Å². The van der Waals surface area contributed by atoms with Gasteiger partial charge in [-0.2, -0.15) is 0 Å². The molecule has 0 bridgehead atoms. The van der Waals surface area contributed by atoms with E-state index in [2.05, 4.69) is 13.8 Å². The van der Waals surface area contributed by atoms with E-state index in [9.17, 15) is 0 Å². The van der Waals surface area contributed by atoms with Crippen molar-refractivity contribution in [1.82, 2.24) is 0 Å². The molecular formula is C36H72O2. The summed E-state index contributed by atoms with van der Waals surface area (Å²) >= 11 is 0. The minimum atomic E-state index is 0.364. The van der Waals surface area contributed by atoms with Gasteiger partial charge < -0.3 is 10.2 Å². The third-order valence-electron chi connectivity index (χ3n) is 10.4. The van der Waals surface area contributed by atoms with E-state index in [4.69, 9.17) is 10.2 Å². The van der Waals surface area contributed by atoms with E-state index in [1.54, 1.807) is 0 Å². The van der Waals surface area contributed by atoms with Gasteiger partial charge in [0.05, 0.1) is 0 Å². The molecule has 0 atom stereocenters. The minimum absolute atomic E-state index is 0.364. The van der Waals surface area contributed by atoms with Crippen LogP contribution in [0.25, 0.3) is 0 Å². The number of hydrogen-bond acceptors (Lipinski definition) is 2. The molecule has 1 aliphatic carbocycles. The zero-order valence-electron chi connectivity index (χ0n) is 26.5. The van der Waals surface area contributed by atoms with E-state index >= 15 is 0 Å². The van der Waals surface area contributed by atoms with E-state index in [1.807, 2.05) is 0 Å². The van der Waals surface area contributed by atoms with Crippen molar-refractivity contribution in [2.24, 2.45) is 10.8 Å². The van der Waals surface area contributed by atoms with Crippen molar-refractivity contribution in [3.63, 3.8) is 0 Å². The molecule has 38 heavy (non-hydrogen) atoms. The van der Waals surface area contributed by atoms with E-state index in [0.29, 0.717) is 24.0 Å². The van der Waals surface area contributed by atoms with Crippen molar-refractivity contribution in [3.05, 3.63) is 0 Å². The Morgan fingerprint density at radius 3 is 0.816 bits per heavy atom. The fraction of sp³-hybridized carbons (Fsp3) is 1.00. The first-order valence-corrected chi connectivity index (χ1v) is 17.9. The van der Waals surface area contributed by atoms with Crippen LogP contribution in [-0.2, 0) is 0 Å². The van der Waals surface area contributed by atoms with Crippen LogP contribution < -0.4 is 0 Å². The smallest absolute Gasteiger partial charge is 0.0431 e. The summed E-state index contributed by atoms with van der Waals surface area (Å²) in [4.78, 5) is 0. The van der Waals surface area contributed by atoms with Crippen molar-refractivity contribution in [1.29, 1.82) is 0 Å². The maximum atomic E-state index is 9.09. The molecule has 2 heteroatoms. The van der Waals surface area contributed by atoms with E-state index < -0.39 is 0 Å². The second-order valence-electron chi connectivity index (χ2n) is 13.3. The lowest BCUT2D eigenvalue weighted by Gasteiger charge is -2.62. The lowest BCUT2D eigenvalue weighted by Crippen LogP contribution is -2.51. The molecule has 0 heterocycles. The number of rotatable bonds is 30. The monoisotopic (exact) mass is 537 g/mol. The molecule has 0 aromatic rings. The largest absolute Gasteiger partial charge is 0.396 e. The molecule has 0 aliphatic heterocycles. The fourth-order valence-corrected chi connectivity index (χ4v) is 7.69. The van der Waals surface area contributed by atoms with E-state index in [1.165, 1.54) is 180 Å². The zero-order chi connectivity index (χ0) is 27.6. The summed E-state index contributed by atoms with van der Waals surface area (Å²) in [7, 11) is 0. The molecule has 228 valence electrons. The zero-order valence-corrected chi connectivity index (χ0v) is 26.5. The van der Waals surface area contributed by atoms with Crippen molar-refractivity contribution >= 4 is 0 Å². The highest BCUT2D eigenvalue weighted by Gasteiger charge is 2.55. The van der Waals surface area contributed by atoms with Gasteiger partial charge >= 0.3 is 0 Å². The fourth-order valence-electron chi connectivity index (χ4n) is 7.69. The SMILES string of the molecule is CCCCCCCCC1(CCCCCCCC)CCC1(CCCCCCCCO)CCCCCCCCO. The summed E-state index contributed by atoms with van der Waals surface area (Å²) in [5, 5.41) is 18.2. The molecule has 1 fully saturated rings. The third-order valence-corrected chi connectivity index (χ3v) is 10.4. The predicted molar refractivity (Wildman–Crippen MR) is 169 cm³/mol. The summed E-state index contributed by atoms with van der Waals surface area (Å²) in [5.41, 5.74) is 1.28. The molecule has 1 rings (SSSR count). The number of unbranched alkanes of at least 4 members (excludes halogenated alkanes) is 20. The molecule has 0 saturated heterocycles. The Labute approximate surface area is 240 Å². The molecule has 0 unspecified atom stereocenters. The van der Waals surface area contributed by atoms with Crippen LogP contribution in [0.5, 0.6) is 0 Å². The predicted octanol–water partition coefficient (Wildman–Crippen LogP) is 11.7. The summed E-state index contributed by atoms with van der Waals surface area (Å²) in [6, 6.07) is 0. The maximum Gasteiger partial charge on any atom is 0.0431 e. The average molecular weight is 537 g/mol. The molecule has 0 amide bonds. The van der Waals surface area contributed by atoms with Gasteiger partial charge in [-0.1, -0.05) is 155 Å². The Morgan fingerprint density at radius 2 is 0.579 bits per heavy atom. The molecule has 2 nitrogen and oxygen atoms in total. The van der Waals surface area contributed by atoms with E-state index in [0.717, 1.165) is 12.8 Å². The van der Waals surface area contributed by atoms with Gasteiger partial charge in [-0.3, -0.25) is 0 Å². The first-order chi connectivity index (χ1) is 18.7. The normalized spacial score (nSPS) is 16.1. The minimum Gasteiger partial charge on any atom is -0.396 e. The van der Waals surface area contributed by atoms with Gasteiger partial charge in [0.25, 0.3) is 0 Å². The first-order valence-electron chi connectivity index (χ1n) is 17.9. The lowest BCUT2D eigenvalue weighted by molar-refractivity contribution is -0.113. The molecule has 0 aromatic carbocycles.